The maximum Gasteiger partial charge on any atom is 0.252 e. The molecule has 0 spiro atoms. The van der Waals surface area contributed by atoms with E-state index in [4.69, 9.17) is 11.6 Å². The third kappa shape index (κ3) is 3.08. The number of hydrogen-bond donors (Lipinski definition) is 0. The fraction of sp³-hybridized carbons (Fsp3) is 0.375. The lowest BCUT2D eigenvalue weighted by molar-refractivity contribution is 0.387. The summed E-state index contributed by atoms with van der Waals surface area (Å²) < 4.78 is 27.8. The highest BCUT2D eigenvalue weighted by Crippen LogP contribution is 2.32. The Balaban J connectivity index is 1.86. The highest BCUT2D eigenvalue weighted by molar-refractivity contribution is 7.91. The summed E-state index contributed by atoms with van der Waals surface area (Å²) >= 11 is 7.56. The lowest BCUT2D eigenvalue weighted by Crippen LogP contribution is -2.36. The molecule has 0 aliphatic carbocycles. The van der Waals surface area contributed by atoms with Gasteiger partial charge in [0.05, 0.1) is 0 Å². The first-order valence-electron chi connectivity index (χ1n) is 7.30. The molecule has 0 radical (unpaired) electrons. The quantitative estimate of drug-likeness (QED) is 0.827. The Kier molecular flexibility index (Phi) is 4.59. The van der Waals surface area contributed by atoms with Crippen molar-refractivity contribution in [1.82, 2.24) is 4.31 Å². The number of hydrogen-bond acceptors (Lipinski definition) is 3. The van der Waals surface area contributed by atoms with E-state index in [1.165, 1.54) is 11.3 Å². The van der Waals surface area contributed by atoms with Crippen LogP contribution in [-0.2, 0) is 16.4 Å². The fourth-order valence-electron chi connectivity index (χ4n) is 2.91. The van der Waals surface area contributed by atoms with Gasteiger partial charge < -0.3 is 0 Å². The number of thiophene rings is 1. The predicted octanol–water partition coefficient (Wildman–Crippen LogP) is 4.11. The van der Waals surface area contributed by atoms with E-state index >= 15 is 0 Å². The normalized spacial score (nSPS) is 19.6. The van der Waals surface area contributed by atoms with Crippen molar-refractivity contribution in [2.75, 3.05) is 6.54 Å². The number of halogens is 1. The van der Waals surface area contributed by atoms with Gasteiger partial charge in [-0.1, -0.05) is 29.8 Å². The topological polar surface area (TPSA) is 37.4 Å². The fourth-order valence-corrected chi connectivity index (χ4v) is 6.23. The third-order valence-corrected chi connectivity index (χ3v) is 7.80. The van der Waals surface area contributed by atoms with E-state index in [1.807, 2.05) is 37.3 Å². The largest absolute Gasteiger partial charge is 0.252 e. The van der Waals surface area contributed by atoms with Crippen LogP contribution in [0.3, 0.4) is 0 Å². The van der Waals surface area contributed by atoms with E-state index in [1.54, 1.807) is 10.4 Å². The van der Waals surface area contributed by atoms with Crippen molar-refractivity contribution < 1.29 is 8.42 Å². The lowest BCUT2D eigenvalue weighted by atomic mass is 10.0. The van der Waals surface area contributed by atoms with Gasteiger partial charge in [0.15, 0.2) is 0 Å². The molecule has 0 saturated carbocycles. The molecule has 2 aromatic rings. The van der Waals surface area contributed by atoms with Crippen LogP contribution in [0.5, 0.6) is 0 Å². The SMILES string of the molecule is Cc1ccc(S(=O)(=O)N2CCC[C@@H]2Cc2ccccc2Cl)s1. The first-order chi connectivity index (χ1) is 10.5. The van der Waals surface area contributed by atoms with Gasteiger partial charge in [-0.15, -0.1) is 11.3 Å². The molecule has 1 atom stereocenters. The van der Waals surface area contributed by atoms with Gasteiger partial charge in [0.25, 0.3) is 10.0 Å². The number of sulfonamides is 1. The van der Waals surface area contributed by atoms with Crippen molar-refractivity contribution in [2.45, 2.75) is 36.4 Å². The molecule has 3 nitrogen and oxygen atoms in total. The molecule has 1 saturated heterocycles. The van der Waals surface area contributed by atoms with Gasteiger partial charge in [-0.05, 0) is 49.9 Å². The molecule has 2 heterocycles. The molecule has 1 aliphatic rings. The molecule has 22 heavy (non-hydrogen) atoms. The molecule has 0 bridgehead atoms. The van der Waals surface area contributed by atoms with Crippen molar-refractivity contribution in [2.24, 2.45) is 0 Å². The zero-order valence-corrected chi connectivity index (χ0v) is 14.7. The van der Waals surface area contributed by atoms with Crippen LogP contribution in [0.15, 0.2) is 40.6 Å². The van der Waals surface area contributed by atoms with Gasteiger partial charge in [-0.2, -0.15) is 4.31 Å². The smallest absolute Gasteiger partial charge is 0.206 e. The number of nitrogens with zero attached hydrogens (tertiary/aromatic N) is 1. The van der Waals surface area contributed by atoms with Crippen molar-refractivity contribution in [1.29, 1.82) is 0 Å². The Labute approximate surface area is 140 Å². The standard InChI is InChI=1S/C16H18ClNO2S2/c1-12-8-9-16(21-12)22(19,20)18-10-4-6-14(18)11-13-5-2-3-7-15(13)17/h2-3,5,7-9,14H,4,6,10-11H2,1H3/t14-/m1/s1. The minimum atomic E-state index is -3.39. The molecule has 3 rings (SSSR count). The summed E-state index contributed by atoms with van der Waals surface area (Å²) in [5.74, 6) is 0. The average Bonchev–Trinajstić information content (AvgIpc) is 3.11. The molecule has 1 aromatic heterocycles. The molecular formula is C16H18ClNO2S2. The van der Waals surface area contributed by atoms with Crippen LogP contribution < -0.4 is 0 Å². The Morgan fingerprint density at radius 1 is 1.27 bits per heavy atom. The number of aryl methyl sites for hydroxylation is 1. The van der Waals surface area contributed by atoms with Crippen molar-refractivity contribution in [3.05, 3.63) is 51.9 Å². The van der Waals surface area contributed by atoms with E-state index < -0.39 is 10.0 Å². The van der Waals surface area contributed by atoms with Crippen LogP contribution in [0, 0.1) is 6.92 Å². The summed E-state index contributed by atoms with van der Waals surface area (Å²) in [7, 11) is -3.39. The van der Waals surface area contributed by atoms with Crippen LogP contribution >= 0.6 is 22.9 Å². The highest BCUT2D eigenvalue weighted by Gasteiger charge is 2.36. The van der Waals surface area contributed by atoms with E-state index in [-0.39, 0.29) is 6.04 Å². The van der Waals surface area contributed by atoms with Crippen LogP contribution in [-0.4, -0.2) is 25.3 Å². The van der Waals surface area contributed by atoms with Gasteiger partial charge in [-0.25, -0.2) is 8.42 Å². The summed E-state index contributed by atoms with van der Waals surface area (Å²) in [5.41, 5.74) is 1.01. The van der Waals surface area contributed by atoms with Crippen LogP contribution in [0.2, 0.25) is 5.02 Å². The zero-order chi connectivity index (χ0) is 15.7. The minimum absolute atomic E-state index is 0.00712. The van der Waals surface area contributed by atoms with Crippen molar-refractivity contribution in [3.63, 3.8) is 0 Å². The Bertz CT molecular complexity index is 770. The van der Waals surface area contributed by atoms with Crippen LogP contribution in [0.4, 0.5) is 0 Å². The summed E-state index contributed by atoms with van der Waals surface area (Å²) in [6, 6.07) is 11.2. The van der Waals surface area contributed by atoms with E-state index in [0.29, 0.717) is 22.2 Å². The monoisotopic (exact) mass is 355 g/mol. The second-order valence-electron chi connectivity index (χ2n) is 5.57. The van der Waals surface area contributed by atoms with E-state index in [9.17, 15) is 8.42 Å². The van der Waals surface area contributed by atoms with Gasteiger partial charge in [-0.3, -0.25) is 0 Å². The third-order valence-electron chi connectivity index (χ3n) is 4.02. The minimum Gasteiger partial charge on any atom is -0.206 e. The van der Waals surface area contributed by atoms with Gasteiger partial charge >= 0.3 is 0 Å². The second-order valence-corrected chi connectivity index (χ2v) is 9.38. The molecule has 1 aromatic carbocycles. The zero-order valence-electron chi connectivity index (χ0n) is 12.3. The Morgan fingerprint density at radius 2 is 2.05 bits per heavy atom. The summed E-state index contributed by atoms with van der Waals surface area (Å²) in [6.07, 6.45) is 2.46. The van der Waals surface area contributed by atoms with Crippen molar-refractivity contribution in [3.8, 4) is 0 Å². The first-order valence-corrected chi connectivity index (χ1v) is 9.93. The van der Waals surface area contributed by atoms with E-state index in [2.05, 4.69) is 0 Å². The van der Waals surface area contributed by atoms with Gasteiger partial charge in [0.1, 0.15) is 4.21 Å². The van der Waals surface area contributed by atoms with E-state index in [0.717, 1.165) is 23.3 Å². The molecule has 1 aliphatic heterocycles. The molecule has 118 valence electrons. The van der Waals surface area contributed by atoms with Gasteiger partial charge in [0, 0.05) is 22.5 Å². The maximum atomic E-state index is 12.8. The van der Waals surface area contributed by atoms with Gasteiger partial charge in [0.2, 0.25) is 0 Å². The summed E-state index contributed by atoms with van der Waals surface area (Å²) in [6.45, 7) is 2.52. The molecule has 6 heteroatoms. The maximum absolute atomic E-state index is 12.8. The first kappa shape index (κ1) is 16.0. The summed E-state index contributed by atoms with van der Waals surface area (Å²) in [5, 5.41) is 0.707. The Morgan fingerprint density at radius 3 is 2.73 bits per heavy atom. The molecule has 1 fully saturated rings. The molecular weight excluding hydrogens is 338 g/mol. The van der Waals surface area contributed by atoms with Crippen LogP contribution in [0.25, 0.3) is 0 Å². The predicted molar refractivity (Wildman–Crippen MR) is 91.1 cm³/mol. The number of benzene rings is 1. The summed E-state index contributed by atoms with van der Waals surface area (Å²) in [4.78, 5) is 1.01. The molecule has 0 amide bonds. The Hall–Kier alpha value is -0.880. The molecule has 0 unspecified atom stereocenters. The van der Waals surface area contributed by atoms with Crippen LogP contribution in [0.1, 0.15) is 23.3 Å². The number of rotatable bonds is 4. The lowest BCUT2D eigenvalue weighted by Gasteiger charge is -2.23. The average molecular weight is 356 g/mol. The second kappa shape index (κ2) is 6.32. The highest BCUT2D eigenvalue weighted by atomic mass is 35.5. The molecule has 0 N–H and O–H groups in total. The van der Waals surface area contributed by atoms with Crippen molar-refractivity contribution >= 4 is 33.0 Å².